The van der Waals surface area contributed by atoms with Crippen LogP contribution in [0.5, 0.6) is 17.2 Å². The molecule has 2 rings (SSSR count). The van der Waals surface area contributed by atoms with E-state index < -0.39 is 0 Å². The fourth-order valence-corrected chi connectivity index (χ4v) is 2.20. The minimum Gasteiger partial charge on any atom is -0.507 e. The first-order valence-corrected chi connectivity index (χ1v) is 6.86. The molecule has 106 valence electrons. The first-order chi connectivity index (χ1) is 9.63. The molecule has 0 bridgehead atoms. The zero-order chi connectivity index (χ0) is 14.5. The number of nitrogens with one attached hydrogen (secondary N) is 1. The van der Waals surface area contributed by atoms with Crippen LogP contribution in [-0.2, 0) is 6.54 Å². The van der Waals surface area contributed by atoms with Crippen molar-refractivity contribution >= 4 is 21.6 Å². The van der Waals surface area contributed by atoms with Gasteiger partial charge in [-0.2, -0.15) is 0 Å². The van der Waals surface area contributed by atoms with Crippen LogP contribution in [0.25, 0.3) is 0 Å². The first-order valence-electron chi connectivity index (χ1n) is 6.07. The van der Waals surface area contributed by atoms with Gasteiger partial charge in [-0.15, -0.1) is 0 Å². The Morgan fingerprint density at radius 2 is 1.90 bits per heavy atom. The lowest BCUT2D eigenvalue weighted by Gasteiger charge is -2.11. The standard InChI is InChI=1S/C15H16BrNO3/c1-19-12-5-3-10(14(18)8-12)9-17-11-4-6-13(16)15(7-11)20-2/h3-8,17-18H,9H2,1-2H3. The van der Waals surface area contributed by atoms with Gasteiger partial charge in [0.05, 0.1) is 18.7 Å². The number of rotatable bonds is 5. The maximum Gasteiger partial charge on any atom is 0.135 e. The molecule has 0 atom stereocenters. The lowest BCUT2D eigenvalue weighted by Crippen LogP contribution is -2.00. The van der Waals surface area contributed by atoms with Crippen LogP contribution in [0, 0.1) is 0 Å². The predicted molar refractivity (Wildman–Crippen MR) is 82.7 cm³/mol. The summed E-state index contributed by atoms with van der Waals surface area (Å²) in [6.07, 6.45) is 0. The van der Waals surface area contributed by atoms with E-state index in [0.717, 1.165) is 21.5 Å². The number of phenols is 1. The number of halogens is 1. The molecule has 0 radical (unpaired) electrons. The van der Waals surface area contributed by atoms with Crippen molar-refractivity contribution in [3.05, 3.63) is 46.4 Å². The quantitative estimate of drug-likeness (QED) is 0.871. The third-order valence-electron chi connectivity index (χ3n) is 2.93. The Kier molecular flexibility index (Phi) is 4.74. The number of benzene rings is 2. The highest BCUT2D eigenvalue weighted by atomic mass is 79.9. The second kappa shape index (κ2) is 6.52. The molecular weight excluding hydrogens is 322 g/mol. The van der Waals surface area contributed by atoms with Crippen LogP contribution in [0.2, 0.25) is 0 Å². The number of aromatic hydroxyl groups is 1. The van der Waals surface area contributed by atoms with Crippen LogP contribution in [0.1, 0.15) is 5.56 Å². The highest BCUT2D eigenvalue weighted by Gasteiger charge is 2.05. The van der Waals surface area contributed by atoms with Crippen LogP contribution in [0.15, 0.2) is 40.9 Å². The van der Waals surface area contributed by atoms with Gasteiger partial charge in [-0.3, -0.25) is 0 Å². The Morgan fingerprint density at radius 3 is 2.55 bits per heavy atom. The Balaban J connectivity index is 2.08. The van der Waals surface area contributed by atoms with Gasteiger partial charge in [0.2, 0.25) is 0 Å². The van der Waals surface area contributed by atoms with Crippen molar-refractivity contribution in [2.75, 3.05) is 19.5 Å². The van der Waals surface area contributed by atoms with Gasteiger partial charge in [0.15, 0.2) is 0 Å². The average Bonchev–Trinajstić information content (AvgIpc) is 2.47. The summed E-state index contributed by atoms with van der Waals surface area (Å²) in [6, 6.07) is 11.0. The topological polar surface area (TPSA) is 50.7 Å². The summed E-state index contributed by atoms with van der Waals surface area (Å²) in [4.78, 5) is 0. The predicted octanol–water partition coefficient (Wildman–Crippen LogP) is 3.78. The molecule has 0 saturated heterocycles. The van der Waals surface area contributed by atoms with Gasteiger partial charge in [0.1, 0.15) is 17.2 Å². The average molecular weight is 338 g/mol. The van der Waals surface area contributed by atoms with Gasteiger partial charge in [0.25, 0.3) is 0 Å². The molecule has 2 aromatic rings. The monoisotopic (exact) mass is 337 g/mol. The highest BCUT2D eigenvalue weighted by molar-refractivity contribution is 9.10. The van der Waals surface area contributed by atoms with E-state index >= 15 is 0 Å². The third kappa shape index (κ3) is 3.36. The van der Waals surface area contributed by atoms with Gasteiger partial charge in [0, 0.05) is 29.9 Å². The number of anilines is 1. The van der Waals surface area contributed by atoms with Crippen LogP contribution >= 0.6 is 15.9 Å². The van der Waals surface area contributed by atoms with E-state index in [-0.39, 0.29) is 5.75 Å². The molecule has 0 spiro atoms. The fraction of sp³-hybridized carbons (Fsp3) is 0.200. The number of hydrogen-bond donors (Lipinski definition) is 2. The van der Waals surface area contributed by atoms with E-state index in [9.17, 15) is 5.11 Å². The minimum atomic E-state index is 0.209. The Bertz CT molecular complexity index is 602. The molecular formula is C15H16BrNO3. The summed E-state index contributed by atoms with van der Waals surface area (Å²) in [7, 11) is 3.19. The van der Waals surface area contributed by atoms with Crippen molar-refractivity contribution in [2.24, 2.45) is 0 Å². The molecule has 0 aliphatic carbocycles. The van der Waals surface area contributed by atoms with Crippen molar-refractivity contribution in [1.29, 1.82) is 0 Å². The molecule has 0 unspecified atom stereocenters. The molecule has 0 aliphatic heterocycles. The van der Waals surface area contributed by atoms with E-state index in [1.807, 2.05) is 30.3 Å². The number of hydrogen-bond acceptors (Lipinski definition) is 4. The smallest absolute Gasteiger partial charge is 0.135 e. The third-order valence-corrected chi connectivity index (χ3v) is 3.58. The molecule has 0 fully saturated rings. The number of phenolic OH excluding ortho intramolecular Hbond substituents is 1. The fourth-order valence-electron chi connectivity index (χ4n) is 1.79. The summed E-state index contributed by atoms with van der Waals surface area (Å²) in [6.45, 7) is 0.514. The molecule has 4 nitrogen and oxygen atoms in total. The van der Waals surface area contributed by atoms with Crippen molar-refractivity contribution in [3.8, 4) is 17.2 Å². The molecule has 0 aromatic heterocycles. The molecule has 5 heteroatoms. The highest BCUT2D eigenvalue weighted by Crippen LogP contribution is 2.29. The van der Waals surface area contributed by atoms with Gasteiger partial charge in [-0.25, -0.2) is 0 Å². The van der Waals surface area contributed by atoms with Gasteiger partial charge in [-0.05, 0) is 40.2 Å². The van der Waals surface area contributed by atoms with Gasteiger partial charge >= 0.3 is 0 Å². The number of ether oxygens (including phenoxy) is 2. The summed E-state index contributed by atoms with van der Waals surface area (Å²) in [5.41, 5.74) is 1.72. The lowest BCUT2D eigenvalue weighted by molar-refractivity contribution is 0.406. The Hall–Kier alpha value is -1.88. The van der Waals surface area contributed by atoms with Crippen LogP contribution in [-0.4, -0.2) is 19.3 Å². The normalized spacial score (nSPS) is 10.2. The summed E-state index contributed by atoms with van der Waals surface area (Å²) in [5.74, 6) is 1.60. The maximum atomic E-state index is 9.89. The summed E-state index contributed by atoms with van der Waals surface area (Å²) >= 11 is 3.41. The van der Waals surface area contributed by atoms with Crippen molar-refractivity contribution in [1.82, 2.24) is 0 Å². The van der Waals surface area contributed by atoms with Crippen LogP contribution in [0.3, 0.4) is 0 Å². The maximum absolute atomic E-state index is 9.89. The molecule has 2 N–H and O–H groups in total. The molecule has 0 heterocycles. The van der Waals surface area contributed by atoms with E-state index in [2.05, 4.69) is 21.2 Å². The first kappa shape index (κ1) is 14.5. The largest absolute Gasteiger partial charge is 0.507 e. The molecule has 20 heavy (non-hydrogen) atoms. The second-order valence-corrected chi connectivity index (χ2v) is 5.05. The van der Waals surface area contributed by atoms with Crippen molar-refractivity contribution in [3.63, 3.8) is 0 Å². The Morgan fingerprint density at radius 1 is 1.10 bits per heavy atom. The van der Waals surface area contributed by atoms with E-state index in [1.54, 1.807) is 20.3 Å². The number of methoxy groups -OCH3 is 2. The SMILES string of the molecule is COc1ccc(CNc2ccc(Br)c(OC)c2)c(O)c1. The van der Waals surface area contributed by atoms with E-state index in [1.165, 1.54) is 0 Å². The zero-order valence-corrected chi connectivity index (χ0v) is 12.9. The van der Waals surface area contributed by atoms with Gasteiger partial charge < -0.3 is 19.9 Å². The van der Waals surface area contributed by atoms with Crippen molar-refractivity contribution in [2.45, 2.75) is 6.54 Å². The lowest BCUT2D eigenvalue weighted by atomic mass is 10.2. The molecule has 0 aliphatic rings. The second-order valence-electron chi connectivity index (χ2n) is 4.20. The van der Waals surface area contributed by atoms with E-state index in [0.29, 0.717) is 12.3 Å². The summed E-state index contributed by atoms with van der Waals surface area (Å²) < 4.78 is 11.2. The molecule has 2 aromatic carbocycles. The molecule has 0 amide bonds. The van der Waals surface area contributed by atoms with Crippen LogP contribution in [0.4, 0.5) is 5.69 Å². The molecule has 0 saturated carbocycles. The van der Waals surface area contributed by atoms with Crippen molar-refractivity contribution < 1.29 is 14.6 Å². The minimum absolute atomic E-state index is 0.209. The summed E-state index contributed by atoms with van der Waals surface area (Å²) in [5, 5.41) is 13.1. The van der Waals surface area contributed by atoms with E-state index in [4.69, 9.17) is 9.47 Å². The zero-order valence-electron chi connectivity index (χ0n) is 11.3. The van der Waals surface area contributed by atoms with Gasteiger partial charge in [-0.1, -0.05) is 0 Å². The Labute approximate surface area is 126 Å². The van der Waals surface area contributed by atoms with Crippen LogP contribution < -0.4 is 14.8 Å².